The van der Waals surface area contributed by atoms with E-state index in [1.807, 2.05) is 0 Å². The van der Waals surface area contributed by atoms with Crippen LogP contribution >= 0.6 is 15.9 Å². The van der Waals surface area contributed by atoms with Gasteiger partial charge < -0.3 is 4.74 Å². The normalized spacial score (nSPS) is 10.4. The van der Waals surface area contributed by atoms with Crippen molar-refractivity contribution in [2.75, 3.05) is 0 Å². The minimum atomic E-state index is -1.13. The summed E-state index contributed by atoms with van der Waals surface area (Å²) in [6.45, 7) is 0. The van der Waals surface area contributed by atoms with Crippen LogP contribution in [0.5, 0.6) is 11.6 Å². The number of nitrogens with zero attached hydrogens (tertiary/aromatic N) is 1. The van der Waals surface area contributed by atoms with Crippen LogP contribution in [-0.2, 0) is 0 Å². The molecule has 0 N–H and O–H groups in total. The lowest BCUT2D eigenvalue weighted by Gasteiger charge is -2.06. The zero-order chi connectivity index (χ0) is 12.4. The van der Waals surface area contributed by atoms with E-state index in [9.17, 15) is 13.2 Å². The number of hydrogen-bond donors (Lipinski definition) is 0. The summed E-state index contributed by atoms with van der Waals surface area (Å²) < 4.78 is 44.3. The molecule has 0 amide bonds. The van der Waals surface area contributed by atoms with Gasteiger partial charge in [-0.05, 0) is 18.2 Å². The molecule has 0 aliphatic rings. The van der Waals surface area contributed by atoms with E-state index in [1.54, 1.807) is 0 Å². The molecule has 88 valence electrons. The van der Waals surface area contributed by atoms with Crippen LogP contribution in [-0.4, -0.2) is 4.98 Å². The van der Waals surface area contributed by atoms with Crippen molar-refractivity contribution in [3.8, 4) is 11.6 Å². The third kappa shape index (κ3) is 2.76. The topological polar surface area (TPSA) is 22.1 Å². The standard InChI is InChI=1S/C11H5BrF3NO/c12-6-3-8(14)11(15)9(4-6)17-10-2-1-7(13)5-16-10/h1-5H. The van der Waals surface area contributed by atoms with Crippen LogP contribution in [0.2, 0.25) is 0 Å². The Kier molecular flexibility index (Phi) is 3.33. The number of benzene rings is 1. The molecule has 0 aliphatic carbocycles. The Morgan fingerprint density at radius 1 is 1.12 bits per heavy atom. The quantitative estimate of drug-likeness (QED) is 0.781. The highest BCUT2D eigenvalue weighted by Crippen LogP contribution is 2.28. The van der Waals surface area contributed by atoms with Gasteiger partial charge in [-0.3, -0.25) is 0 Å². The van der Waals surface area contributed by atoms with Gasteiger partial charge in [-0.25, -0.2) is 13.8 Å². The molecule has 0 aliphatic heterocycles. The SMILES string of the molecule is Fc1ccc(Oc2cc(Br)cc(F)c2F)nc1. The zero-order valence-electron chi connectivity index (χ0n) is 8.25. The van der Waals surface area contributed by atoms with Gasteiger partial charge in [0.25, 0.3) is 0 Å². The second-order valence-electron chi connectivity index (χ2n) is 3.12. The summed E-state index contributed by atoms with van der Waals surface area (Å²) in [5, 5.41) is 0. The van der Waals surface area contributed by atoms with Crippen LogP contribution in [0.3, 0.4) is 0 Å². The van der Waals surface area contributed by atoms with Gasteiger partial charge in [-0.1, -0.05) is 15.9 Å². The minimum absolute atomic E-state index is 0.0252. The maximum Gasteiger partial charge on any atom is 0.219 e. The number of halogens is 4. The summed E-state index contributed by atoms with van der Waals surface area (Å²) in [5.74, 6) is -3.06. The van der Waals surface area contributed by atoms with E-state index in [0.717, 1.165) is 18.3 Å². The molecule has 0 atom stereocenters. The van der Waals surface area contributed by atoms with E-state index < -0.39 is 17.5 Å². The lowest BCUT2D eigenvalue weighted by molar-refractivity contribution is 0.403. The largest absolute Gasteiger partial charge is 0.436 e. The lowest BCUT2D eigenvalue weighted by atomic mass is 10.3. The second-order valence-corrected chi connectivity index (χ2v) is 4.03. The first-order chi connectivity index (χ1) is 8.06. The van der Waals surface area contributed by atoms with Crippen LogP contribution in [0.15, 0.2) is 34.9 Å². The van der Waals surface area contributed by atoms with Crippen LogP contribution in [0.4, 0.5) is 13.2 Å². The molecule has 17 heavy (non-hydrogen) atoms. The summed E-state index contributed by atoms with van der Waals surface area (Å²) in [5.41, 5.74) is 0. The molecule has 1 aromatic heterocycles. The average Bonchev–Trinajstić information content (AvgIpc) is 2.28. The molecule has 2 nitrogen and oxygen atoms in total. The Hall–Kier alpha value is -1.56. The highest BCUT2D eigenvalue weighted by atomic mass is 79.9. The van der Waals surface area contributed by atoms with Gasteiger partial charge in [0.05, 0.1) is 6.20 Å². The monoisotopic (exact) mass is 303 g/mol. The maximum atomic E-state index is 13.3. The predicted octanol–water partition coefficient (Wildman–Crippen LogP) is 4.05. The van der Waals surface area contributed by atoms with E-state index in [-0.39, 0.29) is 11.6 Å². The summed E-state index contributed by atoms with van der Waals surface area (Å²) >= 11 is 3.01. The molecule has 0 saturated carbocycles. The van der Waals surface area contributed by atoms with Crippen LogP contribution in [0.1, 0.15) is 0 Å². The Labute approximate surface area is 103 Å². The molecular weight excluding hydrogens is 299 g/mol. The first-order valence-electron chi connectivity index (χ1n) is 4.50. The van der Waals surface area contributed by atoms with E-state index in [0.29, 0.717) is 4.47 Å². The third-order valence-electron chi connectivity index (χ3n) is 1.87. The van der Waals surface area contributed by atoms with Crippen molar-refractivity contribution in [2.45, 2.75) is 0 Å². The van der Waals surface area contributed by atoms with Gasteiger partial charge in [-0.15, -0.1) is 0 Å². The summed E-state index contributed by atoms with van der Waals surface area (Å²) in [7, 11) is 0. The lowest BCUT2D eigenvalue weighted by Crippen LogP contribution is -1.94. The highest BCUT2D eigenvalue weighted by molar-refractivity contribution is 9.10. The number of rotatable bonds is 2. The second kappa shape index (κ2) is 4.75. The van der Waals surface area contributed by atoms with Crippen molar-refractivity contribution in [3.63, 3.8) is 0 Å². The van der Waals surface area contributed by atoms with Crippen molar-refractivity contribution >= 4 is 15.9 Å². The van der Waals surface area contributed by atoms with Gasteiger partial charge in [0.1, 0.15) is 5.82 Å². The molecule has 0 unspecified atom stereocenters. The molecule has 2 rings (SSSR count). The van der Waals surface area contributed by atoms with E-state index >= 15 is 0 Å². The number of ether oxygens (including phenoxy) is 1. The Bertz CT molecular complexity index is 545. The molecule has 0 saturated heterocycles. The van der Waals surface area contributed by atoms with Gasteiger partial charge in [0.15, 0.2) is 11.6 Å². The van der Waals surface area contributed by atoms with E-state index in [2.05, 4.69) is 20.9 Å². The summed E-state index contributed by atoms with van der Waals surface area (Å²) in [4.78, 5) is 3.57. The number of hydrogen-bond acceptors (Lipinski definition) is 2. The van der Waals surface area contributed by atoms with E-state index in [4.69, 9.17) is 4.74 Å². The fourth-order valence-electron chi connectivity index (χ4n) is 1.14. The molecule has 1 aromatic carbocycles. The molecule has 0 bridgehead atoms. The van der Waals surface area contributed by atoms with Gasteiger partial charge in [-0.2, -0.15) is 4.39 Å². The van der Waals surface area contributed by atoms with Crippen molar-refractivity contribution < 1.29 is 17.9 Å². The highest BCUT2D eigenvalue weighted by Gasteiger charge is 2.12. The van der Waals surface area contributed by atoms with Gasteiger partial charge >= 0.3 is 0 Å². The summed E-state index contributed by atoms with van der Waals surface area (Å²) in [6.07, 6.45) is 0.918. The molecule has 2 aromatic rings. The van der Waals surface area contributed by atoms with Crippen LogP contribution in [0, 0.1) is 17.5 Å². The summed E-state index contributed by atoms with van der Waals surface area (Å²) in [6, 6.07) is 4.55. The van der Waals surface area contributed by atoms with Gasteiger partial charge in [0, 0.05) is 10.5 Å². The van der Waals surface area contributed by atoms with Crippen molar-refractivity contribution in [2.24, 2.45) is 0 Å². The van der Waals surface area contributed by atoms with Crippen molar-refractivity contribution in [1.82, 2.24) is 4.98 Å². The number of pyridine rings is 1. The molecule has 6 heteroatoms. The smallest absolute Gasteiger partial charge is 0.219 e. The fraction of sp³-hybridized carbons (Fsp3) is 0. The van der Waals surface area contributed by atoms with Crippen LogP contribution in [0.25, 0.3) is 0 Å². The van der Waals surface area contributed by atoms with Gasteiger partial charge in [0.2, 0.25) is 11.7 Å². The predicted molar refractivity (Wildman–Crippen MR) is 58.3 cm³/mol. The maximum absolute atomic E-state index is 13.3. The molecule has 1 heterocycles. The Balaban J connectivity index is 2.32. The Morgan fingerprint density at radius 3 is 2.53 bits per heavy atom. The van der Waals surface area contributed by atoms with Crippen LogP contribution < -0.4 is 4.74 Å². The zero-order valence-corrected chi connectivity index (χ0v) is 9.84. The first kappa shape index (κ1) is 11.9. The van der Waals surface area contributed by atoms with E-state index in [1.165, 1.54) is 12.1 Å². The molecule has 0 radical (unpaired) electrons. The number of aromatic nitrogens is 1. The molecular formula is C11H5BrF3NO. The first-order valence-corrected chi connectivity index (χ1v) is 5.29. The van der Waals surface area contributed by atoms with Crippen molar-refractivity contribution in [1.29, 1.82) is 0 Å². The molecule has 0 spiro atoms. The minimum Gasteiger partial charge on any atom is -0.436 e. The average molecular weight is 304 g/mol. The Morgan fingerprint density at radius 2 is 1.88 bits per heavy atom. The fourth-order valence-corrected chi connectivity index (χ4v) is 1.55. The van der Waals surface area contributed by atoms with Crippen molar-refractivity contribution in [3.05, 3.63) is 52.4 Å². The molecule has 0 fully saturated rings. The third-order valence-corrected chi connectivity index (χ3v) is 2.33.